The van der Waals surface area contributed by atoms with Crippen molar-refractivity contribution in [2.24, 2.45) is 0 Å². The van der Waals surface area contributed by atoms with Crippen molar-refractivity contribution >= 4 is 12.3 Å². The summed E-state index contributed by atoms with van der Waals surface area (Å²) in [5.74, 6) is -0.711. The molecule has 0 N–H and O–H groups in total. The smallest absolute Gasteiger partial charge is 0.343 e. The summed E-state index contributed by atoms with van der Waals surface area (Å²) >= 11 is 0. The zero-order chi connectivity index (χ0) is 7.98. The second-order valence-electron chi connectivity index (χ2n) is 1.48. The fourth-order valence-corrected chi connectivity index (χ4v) is 0.424. The maximum absolute atomic E-state index is 10.5. The Labute approximate surface area is 59.1 Å². The van der Waals surface area contributed by atoms with Crippen molar-refractivity contribution in [1.82, 2.24) is 0 Å². The average Bonchev–Trinajstić information content (AvgIpc) is 1.99. The van der Waals surface area contributed by atoms with E-state index in [1.165, 1.54) is 13.4 Å². The molecule has 0 aromatic rings. The molecule has 0 aromatic heterocycles. The van der Waals surface area contributed by atoms with Crippen LogP contribution in [-0.4, -0.2) is 32.1 Å². The van der Waals surface area contributed by atoms with Crippen LogP contribution in [-0.2, 0) is 19.1 Å². The second-order valence-corrected chi connectivity index (χ2v) is 1.48. The molecule has 57 valence electrons. The van der Waals surface area contributed by atoms with E-state index in [1.807, 2.05) is 0 Å². The van der Waals surface area contributed by atoms with Gasteiger partial charge in [0.1, 0.15) is 0 Å². The molecule has 0 rings (SSSR count). The van der Waals surface area contributed by atoms with Gasteiger partial charge in [-0.05, 0) is 6.92 Å². The van der Waals surface area contributed by atoms with Crippen LogP contribution in [0, 0.1) is 0 Å². The number of ether oxygens (including phenoxy) is 2. The van der Waals surface area contributed by atoms with Crippen molar-refractivity contribution in [2.45, 2.75) is 13.0 Å². The van der Waals surface area contributed by atoms with Crippen LogP contribution in [0.3, 0.4) is 0 Å². The maximum Gasteiger partial charge on any atom is 0.343 e. The van der Waals surface area contributed by atoms with E-state index < -0.39 is 12.1 Å². The van der Waals surface area contributed by atoms with Crippen molar-refractivity contribution in [2.75, 3.05) is 13.7 Å². The highest BCUT2D eigenvalue weighted by Gasteiger charge is 2.18. The van der Waals surface area contributed by atoms with E-state index >= 15 is 0 Å². The van der Waals surface area contributed by atoms with E-state index in [4.69, 9.17) is 0 Å². The first-order chi connectivity index (χ1) is 4.76. The molecule has 0 bridgehead atoms. The van der Waals surface area contributed by atoms with Gasteiger partial charge in [0.15, 0.2) is 0 Å². The molecular weight excluding hydrogens is 136 g/mol. The molecule has 0 amide bonds. The molecule has 1 radical (unpaired) electrons. The molecule has 0 aliphatic rings. The number of hydrogen-bond acceptors (Lipinski definition) is 4. The molecule has 0 fully saturated rings. The molecule has 4 heteroatoms. The summed E-state index contributed by atoms with van der Waals surface area (Å²) in [6.45, 7) is 1.96. The molecule has 0 aromatic carbocycles. The average molecular weight is 145 g/mol. The highest BCUT2D eigenvalue weighted by Crippen LogP contribution is 1.89. The fraction of sp³-hybridized carbons (Fsp3) is 0.667. The zero-order valence-corrected chi connectivity index (χ0v) is 5.92. The number of rotatable bonds is 4. The molecular formula is C6H9O4. The van der Waals surface area contributed by atoms with E-state index in [-0.39, 0.29) is 6.61 Å². The van der Waals surface area contributed by atoms with Gasteiger partial charge >= 0.3 is 5.97 Å². The predicted octanol–water partition coefficient (Wildman–Crippen LogP) is -0.326. The Morgan fingerprint density at radius 3 is 2.60 bits per heavy atom. The van der Waals surface area contributed by atoms with E-state index in [9.17, 15) is 9.59 Å². The molecule has 4 nitrogen and oxygen atoms in total. The summed E-state index contributed by atoms with van der Waals surface area (Å²) < 4.78 is 8.88. The minimum atomic E-state index is -1.19. The molecule has 0 aliphatic heterocycles. The van der Waals surface area contributed by atoms with Crippen LogP contribution in [0.1, 0.15) is 6.92 Å². The quantitative estimate of drug-likeness (QED) is 0.401. The van der Waals surface area contributed by atoms with Gasteiger partial charge in [-0.15, -0.1) is 0 Å². The van der Waals surface area contributed by atoms with Crippen LogP contribution in [0.2, 0.25) is 0 Å². The van der Waals surface area contributed by atoms with Crippen LogP contribution in [0.25, 0.3) is 0 Å². The van der Waals surface area contributed by atoms with Gasteiger partial charge < -0.3 is 9.47 Å². The van der Waals surface area contributed by atoms with Crippen molar-refractivity contribution in [3.05, 3.63) is 0 Å². The summed E-state index contributed by atoms with van der Waals surface area (Å²) in [5.41, 5.74) is 0. The molecule has 0 spiro atoms. The Hall–Kier alpha value is -0.900. The third kappa shape index (κ3) is 2.59. The van der Waals surface area contributed by atoms with Gasteiger partial charge in [-0.1, -0.05) is 0 Å². The Bertz CT molecular complexity index is 121. The van der Waals surface area contributed by atoms with Crippen LogP contribution < -0.4 is 0 Å². The van der Waals surface area contributed by atoms with Crippen LogP contribution in [0.5, 0.6) is 0 Å². The van der Waals surface area contributed by atoms with Gasteiger partial charge in [-0.25, -0.2) is 4.79 Å². The SMILES string of the molecule is CCOC([C]=O)C(=O)OC. The highest BCUT2D eigenvalue weighted by molar-refractivity contribution is 5.90. The monoisotopic (exact) mass is 145 g/mol. The minimum absolute atomic E-state index is 0.287. The largest absolute Gasteiger partial charge is 0.467 e. The van der Waals surface area contributed by atoms with Gasteiger partial charge in [-0.3, -0.25) is 4.79 Å². The van der Waals surface area contributed by atoms with Crippen LogP contribution in [0.15, 0.2) is 0 Å². The molecule has 0 heterocycles. The summed E-state index contributed by atoms with van der Waals surface area (Å²) in [7, 11) is 1.19. The topological polar surface area (TPSA) is 52.6 Å². The van der Waals surface area contributed by atoms with Crippen molar-refractivity contribution < 1.29 is 19.1 Å². The second kappa shape index (κ2) is 4.93. The van der Waals surface area contributed by atoms with Gasteiger partial charge in [0.25, 0.3) is 0 Å². The van der Waals surface area contributed by atoms with Gasteiger partial charge in [0.2, 0.25) is 12.4 Å². The van der Waals surface area contributed by atoms with Crippen molar-refractivity contribution in [3.8, 4) is 0 Å². The summed E-state index contributed by atoms with van der Waals surface area (Å²) in [4.78, 5) is 20.5. The lowest BCUT2D eigenvalue weighted by molar-refractivity contribution is -0.149. The molecule has 0 saturated carbocycles. The van der Waals surface area contributed by atoms with E-state index in [0.29, 0.717) is 0 Å². The number of carbonyl (C=O) groups is 1. The fourth-order valence-electron chi connectivity index (χ4n) is 0.424. The van der Waals surface area contributed by atoms with E-state index in [1.54, 1.807) is 6.92 Å². The van der Waals surface area contributed by atoms with Crippen molar-refractivity contribution in [1.29, 1.82) is 0 Å². The Morgan fingerprint density at radius 2 is 2.30 bits per heavy atom. The molecule has 0 saturated heterocycles. The predicted molar refractivity (Wildman–Crippen MR) is 33.1 cm³/mol. The first-order valence-electron chi connectivity index (χ1n) is 2.83. The van der Waals surface area contributed by atoms with Gasteiger partial charge in [-0.2, -0.15) is 0 Å². The van der Waals surface area contributed by atoms with Gasteiger partial charge in [0, 0.05) is 6.61 Å². The van der Waals surface area contributed by atoms with E-state index in [2.05, 4.69) is 9.47 Å². The number of hydrogen-bond donors (Lipinski definition) is 0. The summed E-state index contributed by atoms with van der Waals surface area (Å²) in [5, 5.41) is 0. The number of carbonyl (C=O) groups excluding carboxylic acids is 2. The first kappa shape index (κ1) is 9.10. The Balaban J connectivity index is 3.80. The standard InChI is InChI=1S/C6H9O4/c1-3-10-5(4-7)6(8)9-2/h5H,3H2,1-2H3. The Morgan fingerprint density at radius 1 is 1.70 bits per heavy atom. The third-order valence-electron chi connectivity index (χ3n) is 0.856. The lowest BCUT2D eigenvalue weighted by Gasteiger charge is -2.05. The molecule has 1 atom stereocenters. The zero-order valence-electron chi connectivity index (χ0n) is 5.92. The highest BCUT2D eigenvalue weighted by atomic mass is 16.6. The van der Waals surface area contributed by atoms with Crippen molar-refractivity contribution in [3.63, 3.8) is 0 Å². The maximum atomic E-state index is 10.5. The lowest BCUT2D eigenvalue weighted by Crippen LogP contribution is -2.26. The minimum Gasteiger partial charge on any atom is -0.467 e. The molecule has 0 aliphatic carbocycles. The summed E-state index contributed by atoms with van der Waals surface area (Å²) in [6, 6.07) is 0. The van der Waals surface area contributed by atoms with Crippen LogP contribution >= 0.6 is 0 Å². The van der Waals surface area contributed by atoms with E-state index in [0.717, 1.165) is 0 Å². The van der Waals surface area contributed by atoms with Gasteiger partial charge in [0.05, 0.1) is 7.11 Å². The first-order valence-corrected chi connectivity index (χ1v) is 2.83. The molecule has 1 unspecified atom stereocenters. The normalized spacial score (nSPS) is 12.2. The number of methoxy groups -OCH3 is 1. The lowest BCUT2D eigenvalue weighted by atomic mass is 10.4. The Kier molecular flexibility index (Phi) is 4.49. The van der Waals surface area contributed by atoms with Crippen LogP contribution in [0.4, 0.5) is 0 Å². The summed E-state index contributed by atoms with van der Waals surface area (Å²) in [6.07, 6.45) is 0.222. The molecule has 10 heavy (non-hydrogen) atoms. The third-order valence-corrected chi connectivity index (χ3v) is 0.856. The number of esters is 1.